The fraction of sp³-hybridized carbons (Fsp3) is 0.833. The zero-order valence-electron chi connectivity index (χ0n) is 5.85. The van der Waals surface area contributed by atoms with Crippen LogP contribution < -0.4 is 5.84 Å². The topological polar surface area (TPSA) is 46.3 Å². The first-order valence-electron chi connectivity index (χ1n) is 3.09. The minimum atomic E-state index is -0.108. The molecule has 0 heterocycles. The van der Waals surface area contributed by atoms with E-state index in [1.54, 1.807) is 7.05 Å². The van der Waals surface area contributed by atoms with Crippen LogP contribution in [0.3, 0.4) is 0 Å². The summed E-state index contributed by atoms with van der Waals surface area (Å²) >= 11 is 0. The fourth-order valence-electron chi connectivity index (χ4n) is 0.827. The van der Waals surface area contributed by atoms with E-state index in [9.17, 15) is 4.79 Å². The Balaban J connectivity index is 2.53. The van der Waals surface area contributed by atoms with Gasteiger partial charge in [-0.2, -0.15) is 0 Å². The van der Waals surface area contributed by atoms with Crippen molar-refractivity contribution in [3.05, 3.63) is 0 Å². The van der Waals surface area contributed by atoms with Gasteiger partial charge in [0.05, 0.1) is 0 Å². The Labute approximate surface area is 54.8 Å². The molecule has 0 aliphatic heterocycles. The molecule has 2 N–H and O–H groups in total. The monoisotopic (exact) mass is 128 g/mol. The molecule has 1 amide bonds. The highest BCUT2D eigenvalue weighted by Gasteiger charge is 2.45. The van der Waals surface area contributed by atoms with E-state index in [0.717, 1.165) is 12.8 Å². The quantitative estimate of drug-likeness (QED) is 0.310. The largest absolute Gasteiger partial charge is 0.283 e. The molecule has 52 valence electrons. The number of hydrogen-bond acceptors (Lipinski definition) is 2. The number of hydrogen-bond donors (Lipinski definition) is 1. The van der Waals surface area contributed by atoms with Crippen LogP contribution in [0.2, 0.25) is 0 Å². The summed E-state index contributed by atoms with van der Waals surface area (Å²) < 4.78 is 0. The van der Waals surface area contributed by atoms with Crippen molar-refractivity contribution in [2.45, 2.75) is 19.8 Å². The zero-order chi connectivity index (χ0) is 7.07. The predicted molar refractivity (Wildman–Crippen MR) is 34.3 cm³/mol. The molecule has 9 heavy (non-hydrogen) atoms. The summed E-state index contributed by atoms with van der Waals surface area (Å²) in [4.78, 5) is 11.0. The van der Waals surface area contributed by atoms with Crippen molar-refractivity contribution in [2.75, 3.05) is 7.05 Å². The maximum atomic E-state index is 11.0. The van der Waals surface area contributed by atoms with Crippen LogP contribution in [0.5, 0.6) is 0 Å². The van der Waals surface area contributed by atoms with Gasteiger partial charge in [0.15, 0.2) is 0 Å². The van der Waals surface area contributed by atoms with Crippen molar-refractivity contribution < 1.29 is 4.79 Å². The molecule has 1 saturated carbocycles. The molecule has 0 aromatic heterocycles. The first-order valence-corrected chi connectivity index (χ1v) is 3.09. The Kier molecular flexibility index (Phi) is 1.24. The average molecular weight is 128 g/mol. The van der Waals surface area contributed by atoms with Crippen molar-refractivity contribution in [3.8, 4) is 0 Å². The van der Waals surface area contributed by atoms with E-state index >= 15 is 0 Å². The summed E-state index contributed by atoms with van der Waals surface area (Å²) in [5, 5.41) is 1.17. The lowest BCUT2D eigenvalue weighted by Gasteiger charge is -2.13. The highest BCUT2D eigenvalue weighted by molar-refractivity contribution is 5.84. The van der Waals surface area contributed by atoms with Crippen LogP contribution in [0.25, 0.3) is 0 Å². The molecule has 0 unspecified atom stereocenters. The highest BCUT2D eigenvalue weighted by Crippen LogP contribution is 2.45. The Hall–Kier alpha value is -0.570. The van der Waals surface area contributed by atoms with Gasteiger partial charge in [0, 0.05) is 12.5 Å². The van der Waals surface area contributed by atoms with E-state index < -0.39 is 0 Å². The third kappa shape index (κ3) is 1.05. The number of carbonyl (C=O) groups excluding carboxylic acids is 1. The van der Waals surface area contributed by atoms with Crippen LogP contribution in [0.4, 0.5) is 0 Å². The molecule has 1 fully saturated rings. The van der Waals surface area contributed by atoms with Crippen molar-refractivity contribution >= 4 is 5.91 Å². The van der Waals surface area contributed by atoms with E-state index in [1.807, 2.05) is 6.92 Å². The maximum Gasteiger partial charge on any atom is 0.242 e. The standard InChI is InChI=1S/C6H12N2O/c1-6(3-4-6)5(9)8(2)7/h3-4,7H2,1-2H3. The first-order chi connectivity index (χ1) is 4.06. The average Bonchev–Trinajstić information content (AvgIpc) is 2.47. The molecule has 0 radical (unpaired) electrons. The van der Waals surface area contributed by atoms with Crippen molar-refractivity contribution in [3.63, 3.8) is 0 Å². The van der Waals surface area contributed by atoms with Gasteiger partial charge < -0.3 is 0 Å². The number of carbonyl (C=O) groups is 1. The van der Waals surface area contributed by atoms with Crippen LogP contribution in [0, 0.1) is 5.41 Å². The van der Waals surface area contributed by atoms with Gasteiger partial charge in [0.25, 0.3) is 0 Å². The van der Waals surface area contributed by atoms with Crippen LogP contribution in [0.15, 0.2) is 0 Å². The summed E-state index contributed by atoms with van der Waals surface area (Å²) in [7, 11) is 1.59. The summed E-state index contributed by atoms with van der Waals surface area (Å²) in [5.41, 5.74) is -0.108. The maximum absolute atomic E-state index is 11.0. The third-order valence-corrected chi connectivity index (χ3v) is 1.84. The number of amides is 1. The molecule has 3 nitrogen and oxygen atoms in total. The van der Waals surface area contributed by atoms with E-state index in [4.69, 9.17) is 5.84 Å². The smallest absolute Gasteiger partial charge is 0.242 e. The van der Waals surface area contributed by atoms with Crippen LogP contribution >= 0.6 is 0 Å². The number of hydrazine groups is 1. The van der Waals surface area contributed by atoms with Gasteiger partial charge in [-0.25, -0.2) is 5.84 Å². The predicted octanol–water partition coefficient (Wildman–Crippen LogP) is 0.119. The van der Waals surface area contributed by atoms with Crippen LogP contribution in [-0.2, 0) is 4.79 Å². The van der Waals surface area contributed by atoms with Crippen LogP contribution in [-0.4, -0.2) is 18.0 Å². The summed E-state index contributed by atoms with van der Waals surface area (Å²) in [6.45, 7) is 1.94. The molecule has 1 rings (SSSR count). The van der Waals surface area contributed by atoms with Gasteiger partial charge in [-0.3, -0.25) is 9.80 Å². The van der Waals surface area contributed by atoms with Crippen molar-refractivity contribution in [1.82, 2.24) is 5.01 Å². The Morgan fingerprint density at radius 1 is 1.67 bits per heavy atom. The zero-order valence-corrected chi connectivity index (χ0v) is 5.85. The van der Waals surface area contributed by atoms with Gasteiger partial charge in [0.1, 0.15) is 0 Å². The van der Waals surface area contributed by atoms with E-state index in [-0.39, 0.29) is 11.3 Å². The summed E-state index contributed by atoms with van der Waals surface area (Å²) in [6.07, 6.45) is 1.99. The molecule has 0 atom stereocenters. The minimum Gasteiger partial charge on any atom is -0.283 e. The highest BCUT2D eigenvalue weighted by atomic mass is 16.2. The second kappa shape index (κ2) is 1.70. The SMILES string of the molecule is CN(N)C(=O)C1(C)CC1. The molecular formula is C6H12N2O. The minimum absolute atomic E-state index is 0.0579. The molecule has 0 bridgehead atoms. The van der Waals surface area contributed by atoms with Gasteiger partial charge in [-0.05, 0) is 12.8 Å². The van der Waals surface area contributed by atoms with E-state index in [0.29, 0.717) is 0 Å². The summed E-state index contributed by atoms with van der Waals surface area (Å²) in [6, 6.07) is 0. The lowest BCUT2D eigenvalue weighted by atomic mass is 10.1. The first kappa shape index (κ1) is 6.55. The lowest BCUT2D eigenvalue weighted by molar-refractivity contribution is -0.135. The van der Waals surface area contributed by atoms with Gasteiger partial charge in [0.2, 0.25) is 5.91 Å². The Morgan fingerprint density at radius 2 is 2.11 bits per heavy atom. The lowest BCUT2D eigenvalue weighted by Crippen LogP contribution is -2.37. The molecule has 0 spiro atoms. The number of rotatable bonds is 1. The Morgan fingerprint density at radius 3 is 2.22 bits per heavy atom. The Bertz CT molecular complexity index is 138. The molecule has 3 heteroatoms. The van der Waals surface area contributed by atoms with Crippen molar-refractivity contribution in [2.24, 2.45) is 11.3 Å². The fourth-order valence-corrected chi connectivity index (χ4v) is 0.827. The third-order valence-electron chi connectivity index (χ3n) is 1.84. The van der Waals surface area contributed by atoms with Gasteiger partial charge in [-0.1, -0.05) is 6.92 Å². The number of nitrogens with zero attached hydrogens (tertiary/aromatic N) is 1. The van der Waals surface area contributed by atoms with Gasteiger partial charge >= 0.3 is 0 Å². The molecule has 0 aromatic rings. The molecular weight excluding hydrogens is 116 g/mol. The molecule has 1 aliphatic rings. The second-order valence-electron chi connectivity index (χ2n) is 2.98. The molecule has 0 aromatic carbocycles. The van der Waals surface area contributed by atoms with Crippen LogP contribution in [0.1, 0.15) is 19.8 Å². The molecule has 1 aliphatic carbocycles. The second-order valence-corrected chi connectivity index (χ2v) is 2.98. The number of nitrogens with two attached hydrogens (primary N) is 1. The van der Waals surface area contributed by atoms with Gasteiger partial charge in [-0.15, -0.1) is 0 Å². The normalized spacial score (nSPS) is 21.2. The van der Waals surface area contributed by atoms with E-state index in [1.165, 1.54) is 5.01 Å². The summed E-state index contributed by atoms with van der Waals surface area (Å²) in [5.74, 6) is 5.30. The van der Waals surface area contributed by atoms with E-state index in [2.05, 4.69) is 0 Å². The molecule has 0 saturated heterocycles. The van der Waals surface area contributed by atoms with Crippen molar-refractivity contribution in [1.29, 1.82) is 0 Å².